The number of hydrogen-bond donors (Lipinski definition) is 3. The highest BCUT2D eigenvalue weighted by molar-refractivity contribution is 6.30. The first-order valence-corrected chi connectivity index (χ1v) is 9.65. The molecule has 0 saturated heterocycles. The number of nitrogen functional groups attached to an aromatic ring is 1. The van der Waals surface area contributed by atoms with E-state index in [0.717, 1.165) is 12.1 Å². The van der Waals surface area contributed by atoms with Gasteiger partial charge in [0.1, 0.15) is 17.2 Å². The molecule has 2 aromatic heterocycles. The van der Waals surface area contributed by atoms with Crippen LogP contribution in [0, 0.1) is 11.6 Å². The summed E-state index contributed by atoms with van der Waals surface area (Å²) in [5.74, 6) is -3.84. The minimum absolute atomic E-state index is 0.00280. The molecule has 1 amide bonds. The highest BCUT2D eigenvalue weighted by Gasteiger charge is 2.22. The summed E-state index contributed by atoms with van der Waals surface area (Å²) in [7, 11) is 0. The van der Waals surface area contributed by atoms with Gasteiger partial charge in [0.15, 0.2) is 5.65 Å². The minimum Gasteiger partial charge on any atom is -0.388 e. The molecule has 32 heavy (non-hydrogen) atoms. The van der Waals surface area contributed by atoms with Gasteiger partial charge in [-0.15, -0.1) is 5.10 Å². The predicted octanol–water partition coefficient (Wildman–Crippen LogP) is 3.76. The largest absolute Gasteiger partial charge is 0.388 e. The maximum Gasteiger partial charge on any atom is 0.257 e. The molecule has 0 bridgehead atoms. The number of amides is 1. The number of nitrogens with two attached hydrogens (primary N) is 1. The first kappa shape index (κ1) is 18.1. The zero-order chi connectivity index (χ0) is 25.5. The molecule has 1 unspecified atom stereocenters. The molecule has 4 N–H and O–H groups in total. The third kappa shape index (κ3) is 4.39. The van der Waals surface area contributed by atoms with Gasteiger partial charge in [0, 0.05) is 26.0 Å². The summed E-state index contributed by atoms with van der Waals surface area (Å²) in [5.41, 5.74) is 4.95. The van der Waals surface area contributed by atoms with Crippen molar-refractivity contribution in [2.75, 3.05) is 12.2 Å². The summed E-state index contributed by atoms with van der Waals surface area (Å²) < 4.78 is 55.4. The number of nitrogens with zero attached hydrogens (tertiary/aromatic N) is 3. The topological polar surface area (TPSA) is 106 Å². The van der Waals surface area contributed by atoms with Crippen LogP contribution in [0.5, 0.6) is 0 Å². The average Bonchev–Trinajstić information content (AvgIpc) is 3.12. The van der Waals surface area contributed by atoms with Crippen LogP contribution in [0.3, 0.4) is 0 Å². The maximum absolute atomic E-state index is 15.3. The highest BCUT2D eigenvalue weighted by atomic mass is 35.5. The fourth-order valence-corrected chi connectivity index (χ4v) is 3.19. The second-order valence-corrected chi connectivity index (χ2v) is 7.17. The van der Waals surface area contributed by atoms with E-state index in [1.807, 2.05) is 5.32 Å². The van der Waals surface area contributed by atoms with Gasteiger partial charge in [-0.05, 0) is 53.9 Å². The summed E-state index contributed by atoms with van der Waals surface area (Å²) in [6.07, 6.45) is -1.93. The van der Waals surface area contributed by atoms with Gasteiger partial charge < -0.3 is 16.2 Å². The van der Waals surface area contributed by atoms with Crippen molar-refractivity contribution in [1.29, 1.82) is 0 Å². The van der Waals surface area contributed by atoms with Gasteiger partial charge >= 0.3 is 0 Å². The van der Waals surface area contributed by atoms with E-state index in [1.165, 1.54) is 47.1 Å². The number of aliphatic hydroxyl groups is 1. The Balaban J connectivity index is 1.61. The number of pyridine rings is 1. The van der Waals surface area contributed by atoms with Crippen molar-refractivity contribution >= 4 is 29.1 Å². The molecule has 0 saturated carbocycles. The van der Waals surface area contributed by atoms with E-state index in [2.05, 4.69) is 10.1 Å². The lowest BCUT2D eigenvalue weighted by molar-refractivity contribution is 0.0934. The summed E-state index contributed by atoms with van der Waals surface area (Å²) in [5, 5.41) is 16.6. The van der Waals surface area contributed by atoms with Crippen LogP contribution in [0.1, 0.15) is 32.5 Å². The van der Waals surface area contributed by atoms with Gasteiger partial charge in [-0.1, -0.05) is 23.7 Å². The smallest absolute Gasteiger partial charge is 0.257 e. The first-order valence-electron chi connectivity index (χ1n) is 10.8. The third-order valence-electron chi connectivity index (χ3n) is 4.62. The van der Waals surface area contributed by atoms with Crippen LogP contribution in [0.15, 0.2) is 54.7 Å². The number of carbonyl (C=O) groups excluding carboxylic acids is 1. The number of benzene rings is 2. The van der Waals surface area contributed by atoms with Crippen LogP contribution in [-0.2, 0) is 0 Å². The molecule has 164 valence electrons. The van der Waals surface area contributed by atoms with Crippen LogP contribution in [0.2, 0.25) is 5.02 Å². The van der Waals surface area contributed by atoms with Crippen LogP contribution in [0.4, 0.5) is 14.7 Å². The van der Waals surface area contributed by atoms with E-state index in [4.69, 9.17) is 21.4 Å². The van der Waals surface area contributed by atoms with Crippen molar-refractivity contribution in [2.24, 2.45) is 0 Å². The van der Waals surface area contributed by atoms with Gasteiger partial charge in [-0.3, -0.25) is 4.79 Å². The van der Waals surface area contributed by atoms with E-state index in [9.17, 15) is 14.3 Å². The lowest BCUT2D eigenvalue weighted by atomic mass is 10.0. The summed E-state index contributed by atoms with van der Waals surface area (Å²) in [6.45, 7) is -2.71. The molecule has 1 atom stereocenters. The van der Waals surface area contributed by atoms with Crippen molar-refractivity contribution < 1.29 is 22.8 Å². The molecule has 10 heteroatoms. The van der Waals surface area contributed by atoms with E-state index < -0.39 is 42.1 Å². The number of halogens is 3. The molecule has 0 radical (unpaired) electrons. The van der Waals surface area contributed by atoms with E-state index >= 15 is 4.39 Å². The molecule has 0 fully saturated rings. The standard InChI is InChI=1S/C22H18ClF2N5O2/c23-14-3-1-12(2-4-14)17(31)7-9-27-21(32)19-16(24)6-5-15(20(19)25)13-8-10-30-18(11-13)28-22(26)29-30/h1-6,8,10-11,17,31H,7,9H2,(H2,26,29)(H,27,32)/i9D2,17D. The van der Waals surface area contributed by atoms with Crippen LogP contribution in [0.25, 0.3) is 16.8 Å². The molecular weight excluding hydrogens is 440 g/mol. The zero-order valence-electron chi connectivity index (χ0n) is 19.3. The highest BCUT2D eigenvalue weighted by Crippen LogP contribution is 2.28. The summed E-state index contributed by atoms with van der Waals surface area (Å²) in [6, 6.07) is 10.4. The number of aromatic nitrogens is 3. The molecule has 0 aliphatic rings. The van der Waals surface area contributed by atoms with E-state index in [-0.39, 0.29) is 22.6 Å². The predicted molar refractivity (Wildman–Crippen MR) is 116 cm³/mol. The molecule has 4 rings (SSSR count). The molecule has 0 aliphatic carbocycles. The summed E-state index contributed by atoms with van der Waals surface area (Å²) >= 11 is 5.79. The van der Waals surface area contributed by atoms with Crippen LogP contribution in [-0.4, -0.2) is 32.1 Å². The second-order valence-electron chi connectivity index (χ2n) is 6.73. The Morgan fingerprint density at radius 1 is 1.28 bits per heavy atom. The Morgan fingerprint density at radius 3 is 2.78 bits per heavy atom. The van der Waals surface area contributed by atoms with Crippen molar-refractivity contribution in [3.8, 4) is 11.1 Å². The molecule has 4 aromatic rings. The van der Waals surface area contributed by atoms with Gasteiger partial charge in [0.25, 0.3) is 5.91 Å². The third-order valence-corrected chi connectivity index (χ3v) is 4.87. The van der Waals surface area contributed by atoms with Crippen LogP contribution >= 0.6 is 11.6 Å². The summed E-state index contributed by atoms with van der Waals surface area (Å²) in [4.78, 5) is 16.7. The number of hydrogen-bond acceptors (Lipinski definition) is 5. The Labute approximate surface area is 190 Å². The number of carbonyl (C=O) groups is 1. The molecular formula is C22H18ClF2N5O2. The zero-order valence-corrected chi connectivity index (χ0v) is 17.1. The molecule has 7 nitrogen and oxygen atoms in total. The Kier molecular flexibility index (Phi) is 5.02. The first-order chi connectivity index (χ1) is 16.4. The van der Waals surface area contributed by atoms with Crippen molar-refractivity contribution in [3.05, 3.63) is 82.5 Å². The number of fused-ring (bicyclic) bond motifs is 1. The molecule has 0 aliphatic heterocycles. The normalized spacial score (nSPS) is 14.9. The lowest BCUT2D eigenvalue weighted by Crippen LogP contribution is -2.27. The second kappa shape index (κ2) is 8.89. The van der Waals surface area contributed by atoms with Gasteiger partial charge in [-0.25, -0.2) is 13.3 Å². The minimum atomic E-state index is -2.71. The quantitative estimate of drug-likeness (QED) is 0.406. The van der Waals surface area contributed by atoms with Crippen LogP contribution < -0.4 is 11.1 Å². The van der Waals surface area contributed by atoms with Crippen molar-refractivity contribution in [3.63, 3.8) is 0 Å². The fraction of sp³-hybridized carbons (Fsp3) is 0.136. The Morgan fingerprint density at radius 2 is 2.03 bits per heavy atom. The SMILES string of the molecule is [2H]C([2H])(CC([2H])(O)c1ccc(Cl)cc1)NC(=O)c1c(F)ccc(-c2ccn3nc(N)nc3c2)c1F. The number of anilines is 1. The van der Waals surface area contributed by atoms with Gasteiger partial charge in [0.2, 0.25) is 5.95 Å². The van der Waals surface area contributed by atoms with E-state index in [1.54, 1.807) is 0 Å². The lowest BCUT2D eigenvalue weighted by Gasteiger charge is -2.13. The average molecular weight is 461 g/mol. The van der Waals surface area contributed by atoms with Crippen molar-refractivity contribution in [1.82, 2.24) is 19.9 Å². The fourth-order valence-electron chi connectivity index (χ4n) is 3.06. The maximum atomic E-state index is 15.3. The molecule has 2 heterocycles. The Hall–Kier alpha value is -3.56. The van der Waals surface area contributed by atoms with Gasteiger partial charge in [-0.2, -0.15) is 4.98 Å². The van der Waals surface area contributed by atoms with E-state index in [0.29, 0.717) is 10.7 Å². The molecule has 2 aromatic carbocycles. The monoisotopic (exact) mass is 460 g/mol. The number of nitrogens with one attached hydrogen (secondary N) is 1. The number of rotatable bonds is 6. The Bertz CT molecular complexity index is 1430. The molecule has 0 spiro atoms. The van der Waals surface area contributed by atoms with Gasteiger partial charge in [0.05, 0.1) is 7.45 Å². The van der Waals surface area contributed by atoms with Crippen molar-refractivity contribution in [2.45, 2.75) is 12.5 Å².